The molecule has 2 rings (SSSR count). The van der Waals surface area contributed by atoms with Crippen molar-refractivity contribution < 1.29 is 9.53 Å². The van der Waals surface area contributed by atoms with Crippen molar-refractivity contribution >= 4 is 29.1 Å². The van der Waals surface area contributed by atoms with Crippen molar-refractivity contribution in [2.45, 2.75) is 51.2 Å². The average molecular weight is 362 g/mol. The van der Waals surface area contributed by atoms with Crippen LogP contribution in [0.2, 0.25) is 0 Å². The van der Waals surface area contributed by atoms with Crippen LogP contribution in [0.15, 0.2) is 36.9 Å². The van der Waals surface area contributed by atoms with Crippen LogP contribution >= 0.6 is 12.2 Å². The van der Waals surface area contributed by atoms with Gasteiger partial charge in [-0.3, -0.25) is 0 Å². The largest absolute Gasteiger partial charge is 0.442 e. The lowest BCUT2D eigenvalue weighted by Crippen LogP contribution is -2.36. The first-order chi connectivity index (χ1) is 12.1. The van der Waals surface area contributed by atoms with E-state index >= 15 is 0 Å². The Balaban J connectivity index is 1.86. The molecular formula is C19H27N3O2S. The number of benzene rings is 1. The molecule has 0 aliphatic heterocycles. The number of anilines is 1. The van der Waals surface area contributed by atoms with Crippen LogP contribution in [-0.4, -0.2) is 23.8 Å². The van der Waals surface area contributed by atoms with Gasteiger partial charge in [-0.25, -0.2) is 4.79 Å². The second kappa shape index (κ2) is 10.0. The van der Waals surface area contributed by atoms with E-state index in [-0.39, 0.29) is 18.2 Å². The Morgan fingerprint density at radius 3 is 2.88 bits per heavy atom. The number of ether oxygens (including phenoxy) is 1. The molecule has 1 aliphatic carbocycles. The fourth-order valence-electron chi connectivity index (χ4n) is 2.89. The Kier molecular flexibility index (Phi) is 7.73. The molecule has 25 heavy (non-hydrogen) atoms. The van der Waals surface area contributed by atoms with E-state index in [0.29, 0.717) is 11.7 Å². The quantitative estimate of drug-likeness (QED) is 0.521. The number of carbonyl (C=O) groups excluding carboxylic acids is 1. The highest BCUT2D eigenvalue weighted by Crippen LogP contribution is 2.22. The Morgan fingerprint density at radius 2 is 2.16 bits per heavy atom. The highest BCUT2D eigenvalue weighted by atomic mass is 32.1. The normalized spacial score (nSPS) is 15.7. The Morgan fingerprint density at radius 1 is 1.40 bits per heavy atom. The molecule has 6 heteroatoms. The Hall–Kier alpha value is -2.08. The van der Waals surface area contributed by atoms with Gasteiger partial charge in [0.25, 0.3) is 0 Å². The maximum absolute atomic E-state index is 12.1. The number of carbonyl (C=O) groups is 1. The van der Waals surface area contributed by atoms with Crippen molar-refractivity contribution in [2.75, 3.05) is 11.9 Å². The molecule has 0 spiro atoms. The molecule has 1 atom stereocenters. The van der Waals surface area contributed by atoms with Gasteiger partial charge in [0.1, 0.15) is 6.10 Å². The maximum atomic E-state index is 12.1. The zero-order chi connectivity index (χ0) is 18.1. The predicted molar refractivity (Wildman–Crippen MR) is 106 cm³/mol. The zero-order valence-corrected chi connectivity index (χ0v) is 15.5. The number of amides is 1. The van der Waals surface area contributed by atoms with Gasteiger partial charge < -0.3 is 20.7 Å². The molecule has 0 heterocycles. The van der Waals surface area contributed by atoms with Crippen LogP contribution in [0, 0.1) is 0 Å². The highest BCUT2D eigenvalue weighted by Gasteiger charge is 2.18. The molecule has 1 aromatic rings. The van der Waals surface area contributed by atoms with E-state index in [1.807, 2.05) is 31.2 Å². The first-order valence-electron chi connectivity index (χ1n) is 8.81. The minimum Gasteiger partial charge on any atom is -0.442 e. The Labute approximate surface area is 155 Å². The number of rotatable bonds is 6. The third-order valence-corrected chi connectivity index (χ3v) is 4.48. The van der Waals surface area contributed by atoms with Crippen molar-refractivity contribution in [2.24, 2.45) is 0 Å². The van der Waals surface area contributed by atoms with Gasteiger partial charge in [-0.05, 0) is 49.7 Å². The summed E-state index contributed by atoms with van der Waals surface area (Å²) in [4.78, 5) is 12.1. The molecule has 0 aromatic heterocycles. The summed E-state index contributed by atoms with van der Waals surface area (Å²) in [6.45, 7) is 6.11. The summed E-state index contributed by atoms with van der Waals surface area (Å²) in [6.07, 6.45) is 6.75. The third kappa shape index (κ3) is 6.74. The van der Waals surface area contributed by atoms with E-state index in [2.05, 4.69) is 22.5 Å². The minimum atomic E-state index is -0.346. The van der Waals surface area contributed by atoms with E-state index in [1.165, 1.54) is 19.3 Å². The van der Waals surface area contributed by atoms with Crippen LogP contribution in [-0.2, 0) is 4.74 Å². The second-order valence-corrected chi connectivity index (χ2v) is 6.68. The van der Waals surface area contributed by atoms with Crippen molar-refractivity contribution in [3.8, 4) is 0 Å². The molecule has 1 fully saturated rings. The maximum Gasteiger partial charge on any atom is 0.407 e. The lowest BCUT2D eigenvalue weighted by molar-refractivity contribution is 0.102. The lowest BCUT2D eigenvalue weighted by atomic mass is 9.96. The molecule has 5 nitrogen and oxygen atoms in total. The topological polar surface area (TPSA) is 62.4 Å². The van der Waals surface area contributed by atoms with Gasteiger partial charge in [-0.2, -0.15) is 0 Å². The second-order valence-electron chi connectivity index (χ2n) is 6.28. The van der Waals surface area contributed by atoms with Crippen LogP contribution in [0.3, 0.4) is 0 Å². The first kappa shape index (κ1) is 19.2. The van der Waals surface area contributed by atoms with Gasteiger partial charge in [0.15, 0.2) is 5.11 Å². The molecule has 3 N–H and O–H groups in total. The number of thiocarbonyl (C=S) groups is 1. The first-order valence-corrected chi connectivity index (χ1v) is 9.22. The fourth-order valence-corrected chi connectivity index (χ4v) is 3.09. The van der Waals surface area contributed by atoms with Gasteiger partial charge in [-0.1, -0.05) is 37.5 Å². The molecule has 0 bridgehead atoms. The van der Waals surface area contributed by atoms with Crippen LogP contribution in [0.4, 0.5) is 10.5 Å². The summed E-state index contributed by atoms with van der Waals surface area (Å²) in [5, 5.41) is 9.62. The van der Waals surface area contributed by atoms with Crippen molar-refractivity contribution in [1.82, 2.24) is 10.6 Å². The molecule has 0 unspecified atom stereocenters. The summed E-state index contributed by atoms with van der Waals surface area (Å²) < 4.78 is 5.52. The average Bonchev–Trinajstić information content (AvgIpc) is 2.61. The van der Waals surface area contributed by atoms with Crippen molar-refractivity contribution in [1.29, 1.82) is 0 Å². The smallest absolute Gasteiger partial charge is 0.407 e. The number of hydrogen-bond donors (Lipinski definition) is 3. The standard InChI is InChI=1S/C19H27N3O2S/c1-3-12-20-18(25)21-17-11-7-8-15(13-17)14(2)24-19(23)22-16-9-5-4-6-10-16/h3,7-8,11,13-14,16H,1,4-6,9-10,12H2,2H3,(H,22,23)(H2,20,21,25)/t14-/m0/s1. The van der Waals surface area contributed by atoms with Crippen LogP contribution in [0.1, 0.15) is 50.7 Å². The van der Waals surface area contributed by atoms with E-state index in [9.17, 15) is 4.79 Å². The van der Waals surface area contributed by atoms with Crippen LogP contribution in [0.5, 0.6) is 0 Å². The molecule has 136 valence electrons. The molecule has 1 saturated carbocycles. The van der Waals surface area contributed by atoms with E-state index in [4.69, 9.17) is 17.0 Å². The summed E-state index contributed by atoms with van der Waals surface area (Å²) in [6, 6.07) is 7.94. The van der Waals surface area contributed by atoms with Gasteiger partial charge >= 0.3 is 6.09 Å². The molecule has 1 amide bonds. The molecule has 1 aromatic carbocycles. The minimum absolute atomic E-state index is 0.245. The molecule has 0 saturated heterocycles. The van der Waals surface area contributed by atoms with E-state index < -0.39 is 0 Å². The summed E-state index contributed by atoms with van der Waals surface area (Å²) in [5.74, 6) is 0. The van der Waals surface area contributed by atoms with E-state index in [0.717, 1.165) is 24.1 Å². The molecular weight excluding hydrogens is 334 g/mol. The SMILES string of the molecule is C=CCNC(=S)Nc1cccc([C@H](C)OC(=O)NC2CCCCC2)c1. The number of nitrogens with one attached hydrogen (secondary N) is 3. The van der Waals surface area contributed by atoms with Crippen molar-refractivity contribution in [3.63, 3.8) is 0 Å². The molecule has 0 radical (unpaired) electrons. The summed E-state index contributed by atoms with van der Waals surface area (Å²) >= 11 is 5.21. The van der Waals surface area contributed by atoms with Crippen LogP contribution in [0.25, 0.3) is 0 Å². The number of hydrogen-bond acceptors (Lipinski definition) is 3. The summed E-state index contributed by atoms with van der Waals surface area (Å²) in [7, 11) is 0. The van der Waals surface area contributed by atoms with E-state index in [1.54, 1.807) is 6.08 Å². The monoisotopic (exact) mass is 361 g/mol. The predicted octanol–water partition coefficient (Wildman–Crippen LogP) is 4.28. The van der Waals surface area contributed by atoms with Crippen molar-refractivity contribution in [3.05, 3.63) is 42.5 Å². The van der Waals surface area contributed by atoms with Gasteiger partial charge in [0.2, 0.25) is 0 Å². The fraction of sp³-hybridized carbons (Fsp3) is 0.474. The molecule has 1 aliphatic rings. The zero-order valence-electron chi connectivity index (χ0n) is 14.7. The van der Waals surface area contributed by atoms with Gasteiger partial charge in [0.05, 0.1) is 0 Å². The van der Waals surface area contributed by atoms with Gasteiger partial charge in [0, 0.05) is 18.3 Å². The highest BCUT2D eigenvalue weighted by molar-refractivity contribution is 7.80. The third-order valence-electron chi connectivity index (χ3n) is 4.23. The van der Waals surface area contributed by atoms with Gasteiger partial charge in [-0.15, -0.1) is 6.58 Å². The number of alkyl carbamates (subject to hydrolysis) is 1. The summed E-state index contributed by atoms with van der Waals surface area (Å²) in [5.41, 5.74) is 1.76. The Bertz CT molecular complexity index is 600. The van der Waals surface area contributed by atoms with Crippen LogP contribution < -0.4 is 16.0 Å². The lowest BCUT2D eigenvalue weighted by Gasteiger charge is -2.23.